The zero-order chi connectivity index (χ0) is 15.7. The van der Waals surface area contributed by atoms with Gasteiger partial charge in [0, 0.05) is 21.9 Å². The Hall–Kier alpha value is -1.59. The van der Waals surface area contributed by atoms with Crippen molar-refractivity contribution in [3.05, 3.63) is 0 Å². The molecule has 0 radical (unpaired) electrons. The standard InChI is InChI=1S/C14H27N3O3.2H2/c1-6-15-12(18)8-17(14(20)7-10(2)3)9-13(19)16-11(4)5;;/h10-11H,6-9H2,1-5H3,(H,15,18)(H,16,19);2*1H. The molecule has 0 rings (SSSR count). The van der Waals surface area contributed by atoms with Crippen LogP contribution >= 0.6 is 0 Å². The fraction of sp³-hybridized carbons (Fsp3) is 0.786. The van der Waals surface area contributed by atoms with Crippen LogP contribution in [0.5, 0.6) is 0 Å². The highest BCUT2D eigenvalue weighted by Gasteiger charge is 2.20. The smallest absolute Gasteiger partial charge is 0.239 e. The Balaban J connectivity index is -0.00000180. The van der Waals surface area contributed by atoms with E-state index in [4.69, 9.17) is 0 Å². The minimum Gasteiger partial charge on any atom is -0.355 e. The van der Waals surface area contributed by atoms with Crippen LogP contribution in [-0.2, 0) is 14.4 Å². The number of nitrogens with one attached hydrogen (secondary N) is 2. The molecule has 0 unspecified atom stereocenters. The molecular formula is C14H31N3O3. The molecule has 0 atom stereocenters. The second-order valence-electron chi connectivity index (χ2n) is 5.52. The van der Waals surface area contributed by atoms with E-state index in [1.54, 1.807) is 0 Å². The summed E-state index contributed by atoms with van der Waals surface area (Å²) in [5.41, 5.74) is 0. The molecule has 120 valence electrons. The average molecular weight is 289 g/mol. The van der Waals surface area contributed by atoms with Crippen LogP contribution in [0.15, 0.2) is 0 Å². The molecule has 0 bridgehead atoms. The van der Waals surface area contributed by atoms with Gasteiger partial charge in [-0.05, 0) is 26.7 Å². The number of nitrogens with zero attached hydrogens (tertiary/aromatic N) is 1. The van der Waals surface area contributed by atoms with Gasteiger partial charge in [-0.2, -0.15) is 0 Å². The second kappa shape index (κ2) is 9.34. The van der Waals surface area contributed by atoms with E-state index < -0.39 is 0 Å². The van der Waals surface area contributed by atoms with E-state index in [1.807, 2.05) is 34.6 Å². The Labute approximate surface area is 124 Å². The van der Waals surface area contributed by atoms with E-state index in [0.29, 0.717) is 13.0 Å². The number of carbonyl (C=O) groups is 3. The first-order valence-electron chi connectivity index (χ1n) is 7.10. The molecular weight excluding hydrogens is 258 g/mol. The van der Waals surface area contributed by atoms with E-state index in [1.165, 1.54) is 4.90 Å². The minimum absolute atomic E-state index is 0. The van der Waals surface area contributed by atoms with Gasteiger partial charge in [-0.3, -0.25) is 14.4 Å². The molecule has 0 aliphatic rings. The highest BCUT2D eigenvalue weighted by atomic mass is 16.2. The highest BCUT2D eigenvalue weighted by molar-refractivity contribution is 5.89. The number of carbonyl (C=O) groups excluding carboxylic acids is 3. The summed E-state index contributed by atoms with van der Waals surface area (Å²) in [6.07, 6.45) is 0.328. The largest absolute Gasteiger partial charge is 0.355 e. The third kappa shape index (κ3) is 8.50. The van der Waals surface area contributed by atoms with Crippen molar-refractivity contribution in [2.75, 3.05) is 19.6 Å². The first kappa shape index (κ1) is 18.4. The van der Waals surface area contributed by atoms with Gasteiger partial charge in [-0.15, -0.1) is 0 Å². The van der Waals surface area contributed by atoms with Crippen molar-refractivity contribution in [1.82, 2.24) is 15.5 Å². The van der Waals surface area contributed by atoms with Crippen molar-refractivity contribution in [2.24, 2.45) is 5.92 Å². The SMILES string of the molecule is CCNC(=O)CN(CC(=O)NC(C)C)C(=O)CC(C)C.[HH].[HH]. The number of amides is 3. The molecule has 0 fully saturated rings. The lowest BCUT2D eigenvalue weighted by atomic mass is 10.1. The monoisotopic (exact) mass is 289 g/mol. The molecule has 0 aromatic carbocycles. The third-order valence-corrected chi connectivity index (χ3v) is 2.43. The zero-order valence-electron chi connectivity index (χ0n) is 13.2. The minimum atomic E-state index is -0.249. The fourth-order valence-electron chi connectivity index (χ4n) is 1.68. The second-order valence-corrected chi connectivity index (χ2v) is 5.52. The Kier molecular flexibility index (Phi) is 8.59. The number of likely N-dealkylation sites (N-methyl/N-ethyl adjacent to an activating group) is 1. The molecule has 0 aromatic rings. The Bertz CT molecular complexity index is 350. The number of hydrogen-bond acceptors (Lipinski definition) is 3. The predicted molar refractivity (Wildman–Crippen MR) is 82.2 cm³/mol. The average Bonchev–Trinajstić information content (AvgIpc) is 2.26. The van der Waals surface area contributed by atoms with Gasteiger partial charge in [0.05, 0.1) is 0 Å². The fourth-order valence-corrected chi connectivity index (χ4v) is 1.68. The van der Waals surface area contributed by atoms with Crippen molar-refractivity contribution in [3.8, 4) is 0 Å². The normalized spacial score (nSPS) is 10.6. The summed E-state index contributed by atoms with van der Waals surface area (Å²) in [4.78, 5) is 36.8. The van der Waals surface area contributed by atoms with Gasteiger partial charge < -0.3 is 15.5 Å². The van der Waals surface area contributed by atoms with Crippen molar-refractivity contribution in [3.63, 3.8) is 0 Å². The van der Waals surface area contributed by atoms with Gasteiger partial charge in [0.2, 0.25) is 17.7 Å². The highest BCUT2D eigenvalue weighted by Crippen LogP contribution is 2.04. The molecule has 3 amide bonds. The molecule has 0 aliphatic heterocycles. The molecule has 20 heavy (non-hydrogen) atoms. The first-order valence-corrected chi connectivity index (χ1v) is 7.10. The van der Waals surface area contributed by atoms with Crippen molar-refractivity contribution in [1.29, 1.82) is 0 Å². The molecule has 0 saturated heterocycles. The molecule has 2 N–H and O–H groups in total. The first-order chi connectivity index (χ1) is 9.26. The quantitative estimate of drug-likeness (QED) is 0.700. The summed E-state index contributed by atoms with van der Waals surface area (Å²) >= 11 is 0. The Morgan fingerprint density at radius 2 is 1.60 bits per heavy atom. The van der Waals surface area contributed by atoms with Gasteiger partial charge in [-0.1, -0.05) is 13.8 Å². The van der Waals surface area contributed by atoms with Gasteiger partial charge in [0.25, 0.3) is 0 Å². The Morgan fingerprint density at radius 1 is 1.05 bits per heavy atom. The summed E-state index contributed by atoms with van der Waals surface area (Å²) in [6, 6.07) is 0.00835. The summed E-state index contributed by atoms with van der Waals surface area (Å²) in [5.74, 6) is -0.485. The van der Waals surface area contributed by atoms with Crippen molar-refractivity contribution < 1.29 is 17.2 Å². The van der Waals surface area contributed by atoms with E-state index in [9.17, 15) is 14.4 Å². The van der Waals surface area contributed by atoms with Gasteiger partial charge in [0.1, 0.15) is 13.1 Å². The van der Waals surface area contributed by atoms with Crippen LogP contribution < -0.4 is 10.6 Å². The van der Waals surface area contributed by atoms with Crippen molar-refractivity contribution in [2.45, 2.75) is 47.1 Å². The topological polar surface area (TPSA) is 78.5 Å². The number of rotatable bonds is 8. The summed E-state index contributed by atoms with van der Waals surface area (Å²) in [7, 11) is 0. The Morgan fingerprint density at radius 3 is 2.05 bits per heavy atom. The molecule has 0 spiro atoms. The van der Waals surface area contributed by atoms with E-state index in [0.717, 1.165) is 0 Å². The molecule has 0 aromatic heterocycles. The molecule has 6 heteroatoms. The zero-order valence-corrected chi connectivity index (χ0v) is 13.2. The molecule has 6 nitrogen and oxygen atoms in total. The lowest BCUT2D eigenvalue weighted by Crippen LogP contribution is -2.47. The van der Waals surface area contributed by atoms with Gasteiger partial charge >= 0.3 is 0 Å². The van der Waals surface area contributed by atoms with Crippen LogP contribution in [0.3, 0.4) is 0 Å². The third-order valence-electron chi connectivity index (χ3n) is 2.43. The molecule has 0 aliphatic carbocycles. The summed E-state index contributed by atoms with van der Waals surface area (Å²) < 4.78 is 0. The van der Waals surface area contributed by atoms with Crippen LogP contribution in [0.4, 0.5) is 0 Å². The summed E-state index contributed by atoms with van der Waals surface area (Å²) in [6.45, 7) is 9.70. The van der Waals surface area contributed by atoms with Gasteiger partial charge in [0.15, 0.2) is 0 Å². The molecule has 0 saturated carbocycles. The van der Waals surface area contributed by atoms with Crippen LogP contribution in [0.2, 0.25) is 0 Å². The molecule has 0 heterocycles. The maximum absolute atomic E-state index is 12.1. The lowest BCUT2D eigenvalue weighted by Gasteiger charge is -2.23. The lowest BCUT2D eigenvalue weighted by molar-refractivity contribution is -0.140. The maximum Gasteiger partial charge on any atom is 0.239 e. The van der Waals surface area contributed by atoms with Crippen LogP contribution in [0.25, 0.3) is 0 Å². The van der Waals surface area contributed by atoms with E-state index in [-0.39, 0.29) is 45.6 Å². The van der Waals surface area contributed by atoms with Crippen molar-refractivity contribution >= 4 is 17.7 Å². The summed E-state index contributed by atoms with van der Waals surface area (Å²) in [5, 5.41) is 5.36. The number of hydrogen-bond donors (Lipinski definition) is 2. The van der Waals surface area contributed by atoms with Crippen LogP contribution in [-0.4, -0.2) is 48.3 Å². The van der Waals surface area contributed by atoms with E-state index >= 15 is 0 Å². The van der Waals surface area contributed by atoms with Crippen LogP contribution in [0, 0.1) is 5.92 Å². The van der Waals surface area contributed by atoms with E-state index in [2.05, 4.69) is 10.6 Å². The van der Waals surface area contributed by atoms with Gasteiger partial charge in [-0.25, -0.2) is 0 Å². The maximum atomic E-state index is 12.1. The van der Waals surface area contributed by atoms with Crippen LogP contribution in [0.1, 0.15) is 43.9 Å². The predicted octanol–water partition coefficient (Wildman–Crippen LogP) is 1.01.